The molecule has 1 aliphatic carbocycles. The van der Waals surface area contributed by atoms with Crippen molar-refractivity contribution in [3.63, 3.8) is 0 Å². The number of nitrogens with zero attached hydrogens (tertiary/aromatic N) is 2. The summed E-state index contributed by atoms with van der Waals surface area (Å²) in [5.41, 5.74) is 1.13. The molecule has 0 amide bonds. The van der Waals surface area contributed by atoms with Crippen LogP contribution in [0.3, 0.4) is 0 Å². The number of aliphatic imine (C=N–C) groups is 1. The van der Waals surface area contributed by atoms with Crippen molar-refractivity contribution in [2.24, 2.45) is 10.4 Å². The highest BCUT2D eigenvalue weighted by atomic mass is 127. The summed E-state index contributed by atoms with van der Waals surface area (Å²) in [5.74, 6) is 0.885. The lowest BCUT2D eigenvalue weighted by Gasteiger charge is -2.59. The van der Waals surface area contributed by atoms with Gasteiger partial charge in [0.2, 0.25) is 0 Å². The van der Waals surface area contributed by atoms with E-state index in [2.05, 4.69) is 48.7 Å². The van der Waals surface area contributed by atoms with Crippen molar-refractivity contribution in [2.75, 3.05) is 20.2 Å². The predicted octanol–water partition coefficient (Wildman–Crippen LogP) is 3.37. The molecule has 1 fully saturated rings. The number of ether oxygens (including phenoxy) is 1. The van der Waals surface area contributed by atoms with Crippen LogP contribution in [-0.2, 0) is 11.2 Å². The molecule has 0 saturated heterocycles. The Kier molecular flexibility index (Phi) is 7.93. The van der Waals surface area contributed by atoms with E-state index in [1.165, 1.54) is 0 Å². The minimum atomic E-state index is -0.0693. The summed E-state index contributed by atoms with van der Waals surface area (Å²) in [7, 11) is 1.80. The fourth-order valence-electron chi connectivity index (χ4n) is 3.01. The molecule has 2 rings (SSSR count). The summed E-state index contributed by atoms with van der Waals surface area (Å²) >= 11 is 1.69. The van der Waals surface area contributed by atoms with Gasteiger partial charge in [-0.25, -0.2) is 4.98 Å². The van der Waals surface area contributed by atoms with Crippen LogP contribution < -0.4 is 10.6 Å². The van der Waals surface area contributed by atoms with Gasteiger partial charge in [-0.05, 0) is 27.2 Å². The molecule has 0 bridgehead atoms. The van der Waals surface area contributed by atoms with Crippen LogP contribution in [0, 0.1) is 12.3 Å². The van der Waals surface area contributed by atoms with Crippen molar-refractivity contribution < 1.29 is 4.74 Å². The molecule has 1 heterocycles. The lowest BCUT2D eigenvalue weighted by molar-refractivity contribution is -0.176. The maximum atomic E-state index is 5.69. The first kappa shape index (κ1) is 21.6. The van der Waals surface area contributed by atoms with E-state index in [1.54, 1.807) is 18.4 Å². The molecule has 1 aromatic heterocycles. The summed E-state index contributed by atoms with van der Waals surface area (Å²) in [5, 5.41) is 10.1. The number of aryl methyl sites for hydroxylation is 1. The number of rotatable bonds is 6. The van der Waals surface area contributed by atoms with E-state index in [1.807, 2.05) is 6.92 Å². The van der Waals surface area contributed by atoms with Gasteiger partial charge in [-0.15, -0.1) is 35.3 Å². The molecule has 1 saturated carbocycles. The molecule has 1 aromatic rings. The first-order chi connectivity index (χ1) is 10.8. The van der Waals surface area contributed by atoms with E-state index in [0.717, 1.165) is 42.6 Å². The maximum absolute atomic E-state index is 5.69. The quantitative estimate of drug-likeness (QED) is 0.384. The fourth-order valence-corrected chi connectivity index (χ4v) is 3.66. The minimum Gasteiger partial charge on any atom is -0.378 e. The zero-order chi connectivity index (χ0) is 17.1. The molecule has 2 unspecified atom stereocenters. The molecule has 7 heteroatoms. The van der Waals surface area contributed by atoms with Gasteiger partial charge in [0.05, 0.1) is 16.3 Å². The molecule has 0 spiro atoms. The van der Waals surface area contributed by atoms with Crippen LogP contribution >= 0.6 is 35.3 Å². The van der Waals surface area contributed by atoms with Crippen molar-refractivity contribution in [3.05, 3.63) is 16.1 Å². The molecule has 1 aliphatic rings. The molecular weight excluding hydrogens is 435 g/mol. The Morgan fingerprint density at radius 2 is 2.17 bits per heavy atom. The Labute approximate surface area is 167 Å². The molecule has 24 heavy (non-hydrogen) atoms. The monoisotopic (exact) mass is 466 g/mol. The Morgan fingerprint density at radius 3 is 2.67 bits per heavy atom. The molecule has 2 N–H and O–H groups in total. The Bertz CT molecular complexity index is 561. The SMILES string of the molecule is CCNC(=NCCc1csc(C)n1)NC1CC(C)(OC)C1(C)C.I. The average Bonchev–Trinajstić information content (AvgIpc) is 2.92. The highest BCUT2D eigenvalue weighted by molar-refractivity contribution is 14.0. The van der Waals surface area contributed by atoms with Gasteiger partial charge in [-0.1, -0.05) is 13.8 Å². The molecule has 0 aromatic carbocycles. The topological polar surface area (TPSA) is 58.5 Å². The van der Waals surface area contributed by atoms with Crippen molar-refractivity contribution in [1.82, 2.24) is 15.6 Å². The summed E-state index contributed by atoms with van der Waals surface area (Å²) in [4.78, 5) is 9.18. The van der Waals surface area contributed by atoms with Gasteiger partial charge in [-0.3, -0.25) is 4.99 Å². The summed E-state index contributed by atoms with van der Waals surface area (Å²) in [6, 6.07) is 0.367. The third-order valence-corrected chi connectivity index (χ3v) is 6.06. The van der Waals surface area contributed by atoms with Gasteiger partial charge < -0.3 is 15.4 Å². The largest absolute Gasteiger partial charge is 0.378 e. The third kappa shape index (κ3) is 4.60. The van der Waals surface area contributed by atoms with Gasteiger partial charge in [-0.2, -0.15) is 0 Å². The second-order valence-corrected chi connectivity index (χ2v) is 7.99. The smallest absolute Gasteiger partial charge is 0.191 e. The number of halogens is 1. The van der Waals surface area contributed by atoms with Crippen LogP contribution in [0.25, 0.3) is 0 Å². The summed E-state index contributed by atoms with van der Waals surface area (Å²) < 4.78 is 5.69. The number of hydrogen-bond donors (Lipinski definition) is 2. The lowest BCUT2D eigenvalue weighted by atomic mass is 9.56. The number of aromatic nitrogens is 1. The Morgan fingerprint density at radius 1 is 1.46 bits per heavy atom. The van der Waals surface area contributed by atoms with Gasteiger partial charge >= 0.3 is 0 Å². The molecule has 5 nitrogen and oxygen atoms in total. The number of hydrogen-bond acceptors (Lipinski definition) is 4. The van der Waals surface area contributed by atoms with Crippen LogP contribution in [0.4, 0.5) is 0 Å². The second kappa shape index (κ2) is 8.80. The standard InChI is InChI=1S/C17H30N4OS.HI/c1-7-18-15(19-9-8-13-11-23-12(2)20-13)21-14-10-17(5,22-6)16(14,3)4;/h11,14H,7-10H2,1-6H3,(H2,18,19,21);1H. The normalized spacial score (nSPS) is 25.6. The highest BCUT2D eigenvalue weighted by Gasteiger charge is 2.58. The number of guanidine groups is 1. The number of methoxy groups -OCH3 is 1. The van der Waals surface area contributed by atoms with E-state index in [-0.39, 0.29) is 35.0 Å². The summed E-state index contributed by atoms with van der Waals surface area (Å²) in [6.45, 7) is 12.4. The van der Waals surface area contributed by atoms with Crippen molar-refractivity contribution in [2.45, 2.75) is 59.1 Å². The van der Waals surface area contributed by atoms with Gasteiger partial charge in [0, 0.05) is 43.5 Å². The van der Waals surface area contributed by atoms with Gasteiger partial charge in [0.25, 0.3) is 0 Å². The Hall–Kier alpha value is -0.410. The molecule has 0 aliphatic heterocycles. The zero-order valence-corrected chi connectivity index (χ0v) is 18.7. The molecular formula is C17H31IN4OS. The van der Waals surface area contributed by atoms with E-state index in [4.69, 9.17) is 9.73 Å². The van der Waals surface area contributed by atoms with E-state index >= 15 is 0 Å². The van der Waals surface area contributed by atoms with Crippen LogP contribution in [-0.4, -0.2) is 42.8 Å². The molecule has 138 valence electrons. The average molecular weight is 466 g/mol. The third-order valence-electron chi connectivity index (χ3n) is 5.24. The van der Waals surface area contributed by atoms with Crippen LogP contribution in [0.15, 0.2) is 10.4 Å². The number of thiazole rings is 1. The van der Waals surface area contributed by atoms with E-state index in [0.29, 0.717) is 6.04 Å². The first-order valence-electron chi connectivity index (χ1n) is 8.33. The highest BCUT2D eigenvalue weighted by Crippen LogP contribution is 2.51. The van der Waals surface area contributed by atoms with E-state index in [9.17, 15) is 0 Å². The lowest BCUT2D eigenvalue weighted by Crippen LogP contribution is -2.69. The van der Waals surface area contributed by atoms with Gasteiger partial charge in [0.15, 0.2) is 5.96 Å². The fraction of sp³-hybridized carbons (Fsp3) is 0.765. The number of nitrogens with one attached hydrogen (secondary N) is 2. The van der Waals surface area contributed by atoms with Crippen LogP contribution in [0.1, 0.15) is 44.8 Å². The summed E-state index contributed by atoms with van der Waals surface area (Å²) in [6.07, 6.45) is 1.87. The first-order valence-corrected chi connectivity index (χ1v) is 9.21. The van der Waals surface area contributed by atoms with Crippen LogP contribution in [0.2, 0.25) is 0 Å². The Balaban J connectivity index is 0.00000288. The second-order valence-electron chi connectivity index (χ2n) is 6.93. The minimum absolute atomic E-state index is 0. The van der Waals surface area contributed by atoms with Crippen molar-refractivity contribution in [1.29, 1.82) is 0 Å². The predicted molar refractivity (Wildman–Crippen MR) is 113 cm³/mol. The molecule has 0 radical (unpaired) electrons. The zero-order valence-electron chi connectivity index (χ0n) is 15.6. The van der Waals surface area contributed by atoms with E-state index < -0.39 is 0 Å². The molecule has 2 atom stereocenters. The van der Waals surface area contributed by atoms with Crippen molar-refractivity contribution in [3.8, 4) is 0 Å². The van der Waals surface area contributed by atoms with Crippen molar-refractivity contribution >= 4 is 41.3 Å². The maximum Gasteiger partial charge on any atom is 0.191 e. The van der Waals surface area contributed by atoms with Gasteiger partial charge in [0.1, 0.15) is 0 Å². The van der Waals surface area contributed by atoms with Crippen LogP contribution in [0.5, 0.6) is 0 Å².